The smallest absolute Gasteiger partial charge is 0.227 e. The molecule has 0 radical (unpaired) electrons. The molecule has 7 nitrogen and oxygen atoms in total. The summed E-state index contributed by atoms with van der Waals surface area (Å²) in [5, 5.41) is 8.02. The number of aryl methyl sites for hydroxylation is 2. The summed E-state index contributed by atoms with van der Waals surface area (Å²) in [6.07, 6.45) is 1.60. The van der Waals surface area contributed by atoms with Crippen molar-refractivity contribution in [3.8, 4) is 17.0 Å². The van der Waals surface area contributed by atoms with Crippen molar-refractivity contribution < 1.29 is 9.53 Å². The number of nitrogens with zero attached hydrogens (tertiary/aromatic N) is 4. The molecule has 0 unspecified atom stereocenters. The first kappa shape index (κ1) is 22.9. The highest BCUT2D eigenvalue weighted by molar-refractivity contribution is 5.93. The summed E-state index contributed by atoms with van der Waals surface area (Å²) in [6, 6.07) is 18.0. The summed E-state index contributed by atoms with van der Waals surface area (Å²) in [7, 11) is 1.66. The minimum absolute atomic E-state index is 0.00271. The molecular formula is C28H31N5O2. The van der Waals surface area contributed by atoms with Gasteiger partial charge in [0.15, 0.2) is 5.65 Å². The van der Waals surface area contributed by atoms with Crippen molar-refractivity contribution >= 4 is 23.1 Å². The minimum Gasteiger partial charge on any atom is -0.497 e. The molecule has 3 heterocycles. The number of anilines is 2. The number of aromatic nitrogens is 3. The van der Waals surface area contributed by atoms with E-state index >= 15 is 0 Å². The van der Waals surface area contributed by atoms with Crippen molar-refractivity contribution in [1.29, 1.82) is 0 Å². The van der Waals surface area contributed by atoms with E-state index in [2.05, 4.69) is 36.2 Å². The number of piperidine rings is 1. The molecule has 1 aliphatic rings. The van der Waals surface area contributed by atoms with Crippen molar-refractivity contribution in [2.24, 2.45) is 5.92 Å². The minimum atomic E-state index is -0.00271. The Kier molecular flexibility index (Phi) is 6.16. The Morgan fingerprint density at radius 1 is 1.03 bits per heavy atom. The Hall–Kier alpha value is -3.87. The van der Waals surface area contributed by atoms with E-state index in [9.17, 15) is 4.79 Å². The van der Waals surface area contributed by atoms with Crippen molar-refractivity contribution in [1.82, 2.24) is 14.6 Å². The lowest BCUT2D eigenvalue weighted by Crippen LogP contribution is -2.39. The average Bonchev–Trinajstić information content (AvgIpc) is 3.30. The van der Waals surface area contributed by atoms with Gasteiger partial charge in [0.1, 0.15) is 11.6 Å². The quantitative estimate of drug-likeness (QED) is 0.436. The van der Waals surface area contributed by atoms with Gasteiger partial charge >= 0.3 is 0 Å². The predicted octanol–water partition coefficient (Wildman–Crippen LogP) is 5.19. The van der Waals surface area contributed by atoms with Crippen molar-refractivity contribution in [2.45, 2.75) is 33.6 Å². The van der Waals surface area contributed by atoms with Gasteiger partial charge in [-0.05, 0) is 75.1 Å². The molecule has 180 valence electrons. The maximum absolute atomic E-state index is 13.0. The van der Waals surface area contributed by atoms with Gasteiger partial charge in [0.2, 0.25) is 5.91 Å². The highest BCUT2D eigenvalue weighted by Gasteiger charge is 2.27. The number of methoxy groups -OCH3 is 1. The zero-order chi connectivity index (χ0) is 24.5. The van der Waals surface area contributed by atoms with Crippen LogP contribution < -0.4 is 15.0 Å². The van der Waals surface area contributed by atoms with Crippen LogP contribution in [-0.2, 0) is 4.79 Å². The Balaban J connectivity index is 1.33. The van der Waals surface area contributed by atoms with Crippen LogP contribution in [0, 0.1) is 26.7 Å². The number of carbonyl (C=O) groups is 1. The van der Waals surface area contributed by atoms with Gasteiger partial charge in [-0.25, -0.2) is 4.98 Å². The molecular weight excluding hydrogens is 438 g/mol. The van der Waals surface area contributed by atoms with Gasteiger partial charge in [0, 0.05) is 48.1 Å². The fraction of sp³-hybridized carbons (Fsp3) is 0.321. The van der Waals surface area contributed by atoms with E-state index in [1.165, 1.54) is 5.56 Å². The second-order valence-electron chi connectivity index (χ2n) is 9.28. The molecule has 1 amide bonds. The molecule has 2 aromatic carbocycles. The Labute approximate surface area is 205 Å². The van der Waals surface area contributed by atoms with Crippen LogP contribution in [0.5, 0.6) is 5.75 Å². The molecule has 0 saturated carbocycles. The molecule has 35 heavy (non-hydrogen) atoms. The van der Waals surface area contributed by atoms with Crippen molar-refractivity contribution in [2.75, 3.05) is 30.4 Å². The normalized spacial score (nSPS) is 14.3. The van der Waals surface area contributed by atoms with Gasteiger partial charge < -0.3 is 15.0 Å². The summed E-state index contributed by atoms with van der Waals surface area (Å²) in [4.78, 5) is 20.0. The fourth-order valence-electron chi connectivity index (χ4n) is 4.70. The number of fused-ring (bicyclic) bond motifs is 1. The molecule has 2 aromatic heterocycles. The fourth-order valence-corrected chi connectivity index (χ4v) is 4.70. The summed E-state index contributed by atoms with van der Waals surface area (Å²) < 4.78 is 7.19. The van der Waals surface area contributed by atoms with Gasteiger partial charge in [-0.2, -0.15) is 9.61 Å². The zero-order valence-electron chi connectivity index (χ0n) is 20.7. The summed E-state index contributed by atoms with van der Waals surface area (Å²) in [5.41, 5.74) is 6.87. The lowest BCUT2D eigenvalue weighted by atomic mass is 9.95. The maximum atomic E-state index is 13.0. The number of nitrogens with one attached hydrogen (secondary N) is 1. The van der Waals surface area contributed by atoms with E-state index < -0.39 is 0 Å². The number of ether oxygens (including phenoxy) is 1. The molecule has 5 rings (SSSR count). The van der Waals surface area contributed by atoms with Gasteiger partial charge in [0.05, 0.1) is 12.8 Å². The number of benzene rings is 2. The predicted molar refractivity (Wildman–Crippen MR) is 139 cm³/mol. The Morgan fingerprint density at radius 3 is 2.49 bits per heavy atom. The number of amides is 1. The third-order valence-corrected chi connectivity index (χ3v) is 6.97. The molecule has 0 atom stereocenters. The van der Waals surface area contributed by atoms with Crippen LogP contribution in [0.25, 0.3) is 16.9 Å². The number of rotatable bonds is 5. The topological polar surface area (TPSA) is 71.8 Å². The first-order valence-electron chi connectivity index (χ1n) is 12.1. The van der Waals surface area contributed by atoms with Gasteiger partial charge in [-0.15, -0.1) is 0 Å². The van der Waals surface area contributed by atoms with E-state index in [0.29, 0.717) is 0 Å². The molecule has 0 bridgehead atoms. The van der Waals surface area contributed by atoms with Crippen LogP contribution in [0.15, 0.2) is 54.6 Å². The van der Waals surface area contributed by atoms with Gasteiger partial charge in [-0.1, -0.05) is 12.1 Å². The van der Waals surface area contributed by atoms with Crippen LogP contribution in [-0.4, -0.2) is 40.7 Å². The second-order valence-corrected chi connectivity index (χ2v) is 9.28. The van der Waals surface area contributed by atoms with E-state index in [1.54, 1.807) is 7.11 Å². The molecule has 0 spiro atoms. The van der Waals surface area contributed by atoms with E-state index in [0.717, 1.165) is 71.3 Å². The summed E-state index contributed by atoms with van der Waals surface area (Å²) in [6.45, 7) is 7.71. The lowest BCUT2D eigenvalue weighted by molar-refractivity contribution is -0.120. The highest BCUT2D eigenvalue weighted by Crippen LogP contribution is 2.29. The van der Waals surface area contributed by atoms with Crippen molar-refractivity contribution in [3.05, 3.63) is 71.4 Å². The summed E-state index contributed by atoms with van der Waals surface area (Å²) in [5.74, 6) is 1.93. The summed E-state index contributed by atoms with van der Waals surface area (Å²) >= 11 is 0. The van der Waals surface area contributed by atoms with Crippen LogP contribution in [0.3, 0.4) is 0 Å². The Morgan fingerprint density at radius 2 is 1.77 bits per heavy atom. The maximum Gasteiger partial charge on any atom is 0.227 e. The lowest BCUT2D eigenvalue weighted by Gasteiger charge is -2.33. The standard InChI is InChI=1S/C28H31N5O2/c1-18-6-5-7-24(20(18)3)30-28(34)22-12-14-32(15-13-22)27-16-19(2)29-26-17-25(31-33(26)27)21-8-10-23(35-4)11-9-21/h5-11,16-17,22H,12-15H2,1-4H3,(H,30,34). The molecule has 1 aliphatic heterocycles. The Bertz CT molecular complexity index is 1370. The largest absolute Gasteiger partial charge is 0.497 e. The SMILES string of the molecule is COc1ccc(-c2cc3nc(C)cc(N4CCC(C(=O)Nc5cccc(C)c5C)CC4)n3n2)cc1. The molecule has 1 saturated heterocycles. The van der Waals surface area contributed by atoms with Crippen LogP contribution in [0.1, 0.15) is 29.7 Å². The average molecular weight is 470 g/mol. The number of carbonyl (C=O) groups excluding carboxylic acids is 1. The molecule has 1 fully saturated rings. The third kappa shape index (κ3) is 4.58. The van der Waals surface area contributed by atoms with E-state index in [1.807, 2.05) is 53.9 Å². The second kappa shape index (κ2) is 9.41. The molecule has 4 aromatic rings. The monoisotopic (exact) mass is 469 g/mol. The molecule has 1 N–H and O–H groups in total. The third-order valence-electron chi connectivity index (χ3n) is 6.97. The zero-order valence-corrected chi connectivity index (χ0v) is 20.7. The number of hydrogen-bond donors (Lipinski definition) is 1. The first-order valence-corrected chi connectivity index (χ1v) is 12.1. The van der Waals surface area contributed by atoms with E-state index in [-0.39, 0.29) is 11.8 Å². The highest BCUT2D eigenvalue weighted by atomic mass is 16.5. The van der Waals surface area contributed by atoms with Crippen LogP contribution >= 0.6 is 0 Å². The molecule has 7 heteroatoms. The van der Waals surface area contributed by atoms with Crippen LogP contribution in [0.4, 0.5) is 11.5 Å². The van der Waals surface area contributed by atoms with Crippen molar-refractivity contribution in [3.63, 3.8) is 0 Å². The van der Waals surface area contributed by atoms with E-state index in [4.69, 9.17) is 14.8 Å². The number of hydrogen-bond acceptors (Lipinski definition) is 5. The first-order chi connectivity index (χ1) is 16.9. The van der Waals surface area contributed by atoms with Gasteiger partial charge in [0.25, 0.3) is 0 Å². The van der Waals surface area contributed by atoms with Gasteiger partial charge in [-0.3, -0.25) is 4.79 Å². The van der Waals surface area contributed by atoms with Crippen LogP contribution in [0.2, 0.25) is 0 Å². The molecule has 0 aliphatic carbocycles.